The summed E-state index contributed by atoms with van der Waals surface area (Å²) in [6.45, 7) is 0.235. The molecule has 2 rings (SSSR count). The summed E-state index contributed by atoms with van der Waals surface area (Å²) in [6.07, 6.45) is 1.01. The van der Waals surface area contributed by atoms with Gasteiger partial charge in [-0.25, -0.2) is 4.98 Å². The number of halogens is 3. The molecule has 1 aromatic heterocycles. The van der Waals surface area contributed by atoms with Crippen LogP contribution < -0.4 is 5.32 Å². The molecule has 0 amide bonds. The van der Waals surface area contributed by atoms with Crippen molar-refractivity contribution < 1.29 is 13.2 Å². The Hall–Kier alpha value is -0.620. The number of nitrogens with zero attached hydrogens (tertiary/aromatic N) is 1. The Labute approximate surface area is 109 Å². The quantitative estimate of drug-likeness (QED) is 0.906. The van der Waals surface area contributed by atoms with Crippen LogP contribution in [0.2, 0.25) is 0 Å². The van der Waals surface area contributed by atoms with Crippen LogP contribution in [-0.2, 0) is 12.7 Å². The van der Waals surface area contributed by atoms with E-state index in [0.29, 0.717) is 9.88 Å². The number of hydrogen-bond donors (Lipinski definition) is 1. The van der Waals surface area contributed by atoms with Crippen molar-refractivity contribution >= 4 is 11.3 Å². The third-order valence-electron chi connectivity index (χ3n) is 3.27. The highest BCUT2D eigenvalue weighted by molar-refractivity contribution is 7.11. The van der Waals surface area contributed by atoms with E-state index in [1.165, 1.54) is 17.8 Å². The van der Waals surface area contributed by atoms with Crippen molar-refractivity contribution in [2.45, 2.75) is 50.7 Å². The van der Waals surface area contributed by atoms with E-state index in [4.69, 9.17) is 0 Å². The second-order valence-electron chi connectivity index (χ2n) is 4.69. The van der Waals surface area contributed by atoms with E-state index >= 15 is 0 Å². The number of rotatable bonds is 3. The second kappa shape index (κ2) is 5.57. The Morgan fingerprint density at radius 2 is 1.94 bits per heavy atom. The van der Waals surface area contributed by atoms with Crippen LogP contribution in [0.1, 0.15) is 53.6 Å². The van der Waals surface area contributed by atoms with Gasteiger partial charge in [-0.05, 0) is 19.9 Å². The standard InChI is InChI=1S/C12H17F3N2S/c1-16-7-9-10(12(13,14)15)17-11(18-9)8-5-3-2-4-6-8/h8,16H,2-7H2,1H3. The molecule has 1 heterocycles. The fourth-order valence-electron chi connectivity index (χ4n) is 2.40. The lowest BCUT2D eigenvalue weighted by molar-refractivity contribution is -0.141. The molecule has 0 bridgehead atoms. The molecule has 1 saturated carbocycles. The Morgan fingerprint density at radius 1 is 1.28 bits per heavy atom. The molecule has 0 atom stereocenters. The molecule has 0 saturated heterocycles. The molecule has 1 aliphatic rings. The zero-order chi connectivity index (χ0) is 13.2. The first-order chi connectivity index (χ1) is 8.52. The van der Waals surface area contributed by atoms with Gasteiger partial charge in [0.1, 0.15) is 0 Å². The molecule has 102 valence electrons. The number of nitrogens with one attached hydrogen (secondary N) is 1. The summed E-state index contributed by atoms with van der Waals surface area (Å²) in [6, 6.07) is 0. The van der Waals surface area contributed by atoms with Crippen LogP contribution in [0.4, 0.5) is 13.2 Å². The van der Waals surface area contributed by atoms with E-state index in [0.717, 1.165) is 25.7 Å². The van der Waals surface area contributed by atoms with Crippen LogP contribution in [0, 0.1) is 0 Å². The van der Waals surface area contributed by atoms with Crippen LogP contribution >= 0.6 is 11.3 Å². The predicted octanol–water partition coefficient (Wildman–Crippen LogP) is 3.93. The summed E-state index contributed by atoms with van der Waals surface area (Å²) < 4.78 is 38.6. The van der Waals surface area contributed by atoms with Gasteiger partial charge in [0.2, 0.25) is 0 Å². The first-order valence-electron chi connectivity index (χ1n) is 6.23. The minimum absolute atomic E-state index is 0.232. The summed E-state index contributed by atoms with van der Waals surface area (Å²) in [5, 5.41) is 3.46. The molecule has 6 heteroatoms. The van der Waals surface area contributed by atoms with Crippen molar-refractivity contribution in [1.82, 2.24) is 10.3 Å². The second-order valence-corrected chi connectivity index (χ2v) is 5.80. The lowest BCUT2D eigenvalue weighted by Crippen LogP contribution is -2.13. The molecule has 2 nitrogen and oxygen atoms in total. The maximum Gasteiger partial charge on any atom is 0.434 e. The molecular weight excluding hydrogens is 261 g/mol. The summed E-state index contributed by atoms with van der Waals surface area (Å²) in [5.41, 5.74) is -0.692. The maximum atomic E-state index is 12.9. The highest BCUT2D eigenvalue weighted by atomic mass is 32.1. The monoisotopic (exact) mass is 278 g/mol. The minimum Gasteiger partial charge on any atom is -0.315 e. The summed E-state index contributed by atoms with van der Waals surface area (Å²) >= 11 is 1.22. The molecule has 0 radical (unpaired) electrons. The number of aromatic nitrogens is 1. The smallest absolute Gasteiger partial charge is 0.315 e. The Kier molecular flexibility index (Phi) is 4.27. The normalized spacial score (nSPS) is 18.2. The molecule has 1 N–H and O–H groups in total. The molecule has 1 aromatic rings. The molecule has 0 aromatic carbocycles. The van der Waals surface area contributed by atoms with Crippen LogP contribution in [0.5, 0.6) is 0 Å². The highest BCUT2D eigenvalue weighted by Crippen LogP contribution is 2.40. The highest BCUT2D eigenvalue weighted by Gasteiger charge is 2.38. The van der Waals surface area contributed by atoms with Crippen molar-refractivity contribution in [3.8, 4) is 0 Å². The molecule has 0 aliphatic heterocycles. The third-order valence-corrected chi connectivity index (χ3v) is 4.49. The van der Waals surface area contributed by atoms with Gasteiger partial charge in [0.05, 0.1) is 9.88 Å². The number of hydrogen-bond acceptors (Lipinski definition) is 3. The Morgan fingerprint density at radius 3 is 2.50 bits per heavy atom. The van der Waals surface area contributed by atoms with Gasteiger partial charge in [0, 0.05) is 12.5 Å². The SMILES string of the molecule is CNCc1sc(C2CCCCC2)nc1C(F)(F)F. The molecule has 18 heavy (non-hydrogen) atoms. The zero-order valence-corrected chi connectivity index (χ0v) is 11.1. The summed E-state index contributed by atoms with van der Waals surface area (Å²) in [4.78, 5) is 4.19. The Balaban J connectivity index is 2.26. The van der Waals surface area contributed by atoms with Crippen LogP contribution in [-0.4, -0.2) is 12.0 Å². The number of thiazole rings is 1. The predicted molar refractivity (Wildman–Crippen MR) is 65.7 cm³/mol. The minimum atomic E-state index is -4.34. The van der Waals surface area contributed by atoms with Gasteiger partial charge in [-0.1, -0.05) is 19.3 Å². The van der Waals surface area contributed by atoms with Crippen molar-refractivity contribution in [2.75, 3.05) is 7.05 Å². The summed E-state index contributed by atoms with van der Waals surface area (Å²) in [7, 11) is 1.65. The van der Waals surface area contributed by atoms with E-state index in [9.17, 15) is 13.2 Å². The molecule has 1 fully saturated rings. The van der Waals surface area contributed by atoms with Gasteiger partial charge in [0.25, 0.3) is 0 Å². The lowest BCUT2D eigenvalue weighted by Gasteiger charge is -2.18. The fraction of sp³-hybridized carbons (Fsp3) is 0.750. The van der Waals surface area contributed by atoms with Crippen molar-refractivity contribution in [3.63, 3.8) is 0 Å². The molecule has 1 aliphatic carbocycles. The van der Waals surface area contributed by atoms with E-state index in [1.54, 1.807) is 7.05 Å². The van der Waals surface area contributed by atoms with Gasteiger partial charge in [-0.15, -0.1) is 11.3 Å². The largest absolute Gasteiger partial charge is 0.434 e. The maximum absolute atomic E-state index is 12.9. The zero-order valence-electron chi connectivity index (χ0n) is 10.3. The van der Waals surface area contributed by atoms with Gasteiger partial charge in [-0.3, -0.25) is 0 Å². The Bertz CT molecular complexity index is 395. The van der Waals surface area contributed by atoms with Crippen LogP contribution in [0.25, 0.3) is 0 Å². The van der Waals surface area contributed by atoms with E-state index in [1.807, 2.05) is 0 Å². The topological polar surface area (TPSA) is 24.9 Å². The average Bonchev–Trinajstić information content (AvgIpc) is 2.75. The average molecular weight is 278 g/mol. The molecular formula is C12H17F3N2S. The van der Waals surface area contributed by atoms with Crippen molar-refractivity contribution in [2.24, 2.45) is 0 Å². The number of alkyl halides is 3. The van der Waals surface area contributed by atoms with Crippen LogP contribution in [0.3, 0.4) is 0 Å². The first kappa shape index (κ1) is 13.8. The van der Waals surface area contributed by atoms with E-state index in [2.05, 4.69) is 10.3 Å². The fourth-order valence-corrected chi connectivity index (χ4v) is 3.66. The first-order valence-corrected chi connectivity index (χ1v) is 7.05. The van der Waals surface area contributed by atoms with E-state index in [-0.39, 0.29) is 12.5 Å². The van der Waals surface area contributed by atoms with Gasteiger partial charge >= 0.3 is 6.18 Å². The van der Waals surface area contributed by atoms with Gasteiger partial charge < -0.3 is 5.32 Å². The van der Waals surface area contributed by atoms with Crippen LogP contribution in [0.15, 0.2) is 0 Å². The lowest BCUT2D eigenvalue weighted by atomic mass is 9.90. The van der Waals surface area contributed by atoms with E-state index < -0.39 is 11.9 Å². The van der Waals surface area contributed by atoms with Crippen molar-refractivity contribution in [1.29, 1.82) is 0 Å². The molecule has 0 unspecified atom stereocenters. The molecule has 0 spiro atoms. The van der Waals surface area contributed by atoms with Crippen molar-refractivity contribution in [3.05, 3.63) is 15.6 Å². The van der Waals surface area contributed by atoms with Gasteiger partial charge in [0.15, 0.2) is 5.69 Å². The third kappa shape index (κ3) is 3.03. The van der Waals surface area contributed by atoms with Gasteiger partial charge in [-0.2, -0.15) is 13.2 Å². The summed E-state index contributed by atoms with van der Waals surface area (Å²) in [5.74, 6) is 0.232.